The van der Waals surface area contributed by atoms with Crippen molar-refractivity contribution in [2.45, 2.75) is 39.5 Å². The second-order valence-corrected chi connectivity index (χ2v) is 3.84. The van der Waals surface area contributed by atoms with Gasteiger partial charge in [0.15, 0.2) is 0 Å². The Balaban J connectivity index is 2.51. The summed E-state index contributed by atoms with van der Waals surface area (Å²) in [5, 5.41) is 0. The van der Waals surface area contributed by atoms with Crippen molar-refractivity contribution in [3.8, 4) is 0 Å². The summed E-state index contributed by atoms with van der Waals surface area (Å²) in [6, 6.07) is 0. The number of hydrogen-bond donors (Lipinski definition) is 0. The topological polar surface area (TPSA) is 0 Å². The van der Waals surface area contributed by atoms with Crippen molar-refractivity contribution in [2.75, 3.05) is 0 Å². The summed E-state index contributed by atoms with van der Waals surface area (Å²) < 4.78 is 24.7. The van der Waals surface area contributed by atoms with Crippen molar-refractivity contribution in [1.82, 2.24) is 0 Å². The zero-order valence-corrected chi connectivity index (χ0v) is 7.19. The van der Waals surface area contributed by atoms with Gasteiger partial charge in [-0.25, -0.2) is 8.78 Å². The van der Waals surface area contributed by atoms with E-state index in [0.717, 1.165) is 19.3 Å². The van der Waals surface area contributed by atoms with Gasteiger partial charge in [-0.3, -0.25) is 0 Å². The number of alkyl halides is 2. The molecule has 0 saturated heterocycles. The molecule has 0 amide bonds. The lowest BCUT2D eigenvalue weighted by Crippen LogP contribution is -2.20. The molecule has 1 aliphatic rings. The molecule has 1 fully saturated rings. The van der Waals surface area contributed by atoms with Gasteiger partial charge in [-0.05, 0) is 24.7 Å². The van der Waals surface area contributed by atoms with E-state index in [-0.39, 0.29) is 11.8 Å². The van der Waals surface area contributed by atoms with Crippen LogP contribution < -0.4 is 0 Å². The molecule has 0 bridgehead atoms. The van der Waals surface area contributed by atoms with Crippen LogP contribution in [0.2, 0.25) is 0 Å². The third-order valence-electron chi connectivity index (χ3n) is 2.80. The summed E-state index contributed by atoms with van der Waals surface area (Å²) >= 11 is 0. The Bertz CT molecular complexity index is 107. The van der Waals surface area contributed by atoms with Crippen LogP contribution in [0.5, 0.6) is 0 Å². The molecule has 11 heavy (non-hydrogen) atoms. The van der Waals surface area contributed by atoms with Crippen LogP contribution in [0.4, 0.5) is 8.78 Å². The average Bonchev–Trinajstić information content (AvgIpc) is 2.32. The molecule has 2 unspecified atom stereocenters. The minimum atomic E-state index is -2.09. The van der Waals surface area contributed by atoms with Gasteiger partial charge < -0.3 is 0 Å². The molecule has 0 nitrogen and oxygen atoms in total. The van der Waals surface area contributed by atoms with Crippen LogP contribution >= 0.6 is 0 Å². The SMILES string of the molecule is CC(C)C1CCCC1C(F)F. The van der Waals surface area contributed by atoms with E-state index < -0.39 is 6.43 Å². The maximum atomic E-state index is 12.4. The molecular formula is C9H16F2. The maximum absolute atomic E-state index is 12.4. The van der Waals surface area contributed by atoms with Crippen molar-refractivity contribution in [3.05, 3.63) is 0 Å². The Morgan fingerprint density at radius 3 is 2.00 bits per heavy atom. The van der Waals surface area contributed by atoms with Crippen LogP contribution in [0.3, 0.4) is 0 Å². The highest BCUT2D eigenvalue weighted by atomic mass is 19.3. The zero-order chi connectivity index (χ0) is 8.43. The molecule has 0 radical (unpaired) electrons. The van der Waals surface area contributed by atoms with Gasteiger partial charge in [0.25, 0.3) is 0 Å². The molecule has 0 spiro atoms. The highest BCUT2D eigenvalue weighted by Crippen LogP contribution is 2.40. The van der Waals surface area contributed by atoms with E-state index in [1.165, 1.54) is 0 Å². The Labute approximate surface area is 67.0 Å². The molecule has 1 aliphatic carbocycles. The minimum absolute atomic E-state index is 0.273. The fraction of sp³-hybridized carbons (Fsp3) is 1.00. The predicted octanol–water partition coefficient (Wildman–Crippen LogP) is 3.32. The molecule has 0 aliphatic heterocycles. The van der Waals surface area contributed by atoms with E-state index in [0.29, 0.717) is 5.92 Å². The molecule has 0 heterocycles. The minimum Gasteiger partial charge on any atom is -0.210 e. The molecule has 0 aromatic carbocycles. The summed E-state index contributed by atoms with van der Waals surface area (Å²) in [6.07, 6.45) is 0.648. The first kappa shape index (κ1) is 8.95. The van der Waals surface area contributed by atoms with E-state index in [9.17, 15) is 8.78 Å². The lowest BCUT2D eigenvalue weighted by atomic mass is 9.86. The van der Waals surface area contributed by atoms with Gasteiger partial charge in [-0.2, -0.15) is 0 Å². The van der Waals surface area contributed by atoms with Gasteiger partial charge in [0, 0.05) is 5.92 Å². The Hall–Kier alpha value is -0.140. The maximum Gasteiger partial charge on any atom is 0.241 e. The predicted molar refractivity (Wildman–Crippen MR) is 41.7 cm³/mol. The van der Waals surface area contributed by atoms with Crippen LogP contribution in [0, 0.1) is 17.8 Å². The van der Waals surface area contributed by atoms with E-state index in [1.54, 1.807) is 0 Å². The molecular weight excluding hydrogens is 146 g/mol. The third-order valence-corrected chi connectivity index (χ3v) is 2.80. The smallest absolute Gasteiger partial charge is 0.210 e. The lowest BCUT2D eigenvalue weighted by Gasteiger charge is -2.21. The van der Waals surface area contributed by atoms with Crippen molar-refractivity contribution >= 4 is 0 Å². The monoisotopic (exact) mass is 162 g/mol. The standard InChI is InChI=1S/C9H16F2/c1-6(2)7-4-3-5-8(7)9(10)11/h6-9H,3-5H2,1-2H3. The molecule has 2 atom stereocenters. The van der Waals surface area contributed by atoms with Crippen LogP contribution in [0.15, 0.2) is 0 Å². The summed E-state index contributed by atoms with van der Waals surface area (Å²) in [5.41, 5.74) is 0. The Kier molecular flexibility index (Phi) is 2.85. The second-order valence-electron chi connectivity index (χ2n) is 3.84. The molecule has 66 valence electrons. The quantitative estimate of drug-likeness (QED) is 0.584. The van der Waals surface area contributed by atoms with Gasteiger partial charge in [0.05, 0.1) is 0 Å². The molecule has 1 rings (SSSR count). The van der Waals surface area contributed by atoms with Crippen LogP contribution in [0.1, 0.15) is 33.1 Å². The summed E-state index contributed by atoms with van der Waals surface area (Å²) in [4.78, 5) is 0. The van der Waals surface area contributed by atoms with Crippen molar-refractivity contribution in [2.24, 2.45) is 17.8 Å². The van der Waals surface area contributed by atoms with Crippen LogP contribution in [-0.4, -0.2) is 6.43 Å². The number of rotatable bonds is 2. The Morgan fingerprint density at radius 2 is 1.64 bits per heavy atom. The van der Waals surface area contributed by atoms with E-state index in [2.05, 4.69) is 0 Å². The largest absolute Gasteiger partial charge is 0.241 e. The van der Waals surface area contributed by atoms with Gasteiger partial charge in [-0.1, -0.05) is 20.3 Å². The summed E-state index contributed by atoms with van der Waals surface area (Å²) in [6.45, 7) is 4.09. The third kappa shape index (κ3) is 1.91. The molecule has 0 aromatic rings. The van der Waals surface area contributed by atoms with E-state index >= 15 is 0 Å². The number of hydrogen-bond acceptors (Lipinski definition) is 0. The first-order chi connectivity index (χ1) is 5.13. The van der Waals surface area contributed by atoms with Crippen LogP contribution in [-0.2, 0) is 0 Å². The number of halogens is 2. The van der Waals surface area contributed by atoms with Gasteiger partial charge in [0.1, 0.15) is 0 Å². The fourth-order valence-electron chi connectivity index (χ4n) is 2.16. The summed E-state index contributed by atoms with van der Waals surface area (Å²) in [7, 11) is 0. The van der Waals surface area contributed by atoms with Crippen LogP contribution in [0.25, 0.3) is 0 Å². The summed E-state index contributed by atoms with van der Waals surface area (Å²) in [5.74, 6) is 0.390. The highest BCUT2D eigenvalue weighted by molar-refractivity contribution is 4.80. The first-order valence-corrected chi connectivity index (χ1v) is 4.41. The highest BCUT2D eigenvalue weighted by Gasteiger charge is 2.35. The van der Waals surface area contributed by atoms with Crippen molar-refractivity contribution in [1.29, 1.82) is 0 Å². The first-order valence-electron chi connectivity index (χ1n) is 4.41. The van der Waals surface area contributed by atoms with E-state index in [1.807, 2.05) is 13.8 Å². The average molecular weight is 162 g/mol. The second kappa shape index (κ2) is 3.51. The zero-order valence-electron chi connectivity index (χ0n) is 7.19. The van der Waals surface area contributed by atoms with Gasteiger partial charge in [0.2, 0.25) is 6.43 Å². The van der Waals surface area contributed by atoms with E-state index in [4.69, 9.17) is 0 Å². The van der Waals surface area contributed by atoms with Crippen molar-refractivity contribution in [3.63, 3.8) is 0 Å². The lowest BCUT2D eigenvalue weighted by molar-refractivity contribution is 0.0443. The molecule has 0 N–H and O–H groups in total. The molecule has 0 aromatic heterocycles. The fourth-order valence-corrected chi connectivity index (χ4v) is 2.16. The Morgan fingerprint density at radius 1 is 1.09 bits per heavy atom. The van der Waals surface area contributed by atoms with Gasteiger partial charge >= 0.3 is 0 Å². The molecule has 1 saturated carbocycles. The molecule has 2 heteroatoms. The van der Waals surface area contributed by atoms with Gasteiger partial charge in [-0.15, -0.1) is 0 Å². The van der Waals surface area contributed by atoms with Crippen molar-refractivity contribution < 1.29 is 8.78 Å². The normalized spacial score (nSPS) is 32.2.